The van der Waals surface area contributed by atoms with Gasteiger partial charge in [0.2, 0.25) is 0 Å². The van der Waals surface area contributed by atoms with E-state index < -0.39 is 12.0 Å². The molecule has 1 aliphatic heterocycles. The summed E-state index contributed by atoms with van der Waals surface area (Å²) in [4.78, 5) is 30.2. The van der Waals surface area contributed by atoms with Gasteiger partial charge in [-0.3, -0.25) is 9.69 Å². The van der Waals surface area contributed by atoms with Crippen LogP contribution in [0.4, 0.5) is 0 Å². The first-order valence-corrected chi connectivity index (χ1v) is 12.4. The summed E-state index contributed by atoms with van der Waals surface area (Å²) >= 11 is 1.63. The van der Waals surface area contributed by atoms with Crippen LogP contribution in [0, 0.1) is 0 Å². The van der Waals surface area contributed by atoms with Crippen LogP contribution in [0.15, 0.2) is 48.5 Å². The van der Waals surface area contributed by atoms with Crippen molar-refractivity contribution >= 4 is 23.6 Å². The van der Waals surface area contributed by atoms with Crippen molar-refractivity contribution in [2.24, 2.45) is 0 Å². The number of likely N-dealkylation sites (N-methyl/N-ethyl adjacent to an activating group) is 1. The highest BCUT2D eigenvalue weighted by Gasteiger charge is 2.24. The van der Waals surface area contributed by atoms with Crippen LogP contribution in [0.25, 0.3) is 11.1 Å². The average molecular weight is 456 g/mol. The zero-order valence-electron chi connectivity index (χ0n) is 19.2. The zero-order valence-corrected chi connectivity index (χ0v) is 20.0. The van der Waals surface area contributed by atoms with Crippen LogP contribution in [-0.2, 0) is 16.1 Å². The summed E-state index contributed by atoms with van der Waals surface area (Å²) in [5.74, 6) is 0.0853. The van der Waals surface area contributed by atoms with Crippen molar-refractivity contribution in [1.82, 2.24) is 15.1 Å². The molecule has 1 heterocycles. The summed E-state index contributed by atoms with van der Waals surface area (Å²) in [6, 6.07) is 15.3. The van der Waals surface area contributed by atoms with Crippen molar-refractivity contribution in [3.63, 3.8) is 0 Å². The number of rotatable bonds is 9. The van der Waals surface area contributed by atoms with Crippen molar-refractivity contribution in [3.8, 4) is 11.1 Å². The number of nitrogens with one attached hydrogen (secondary N) is 1. The van der Waals surface area contributed by atoms with E-state index in [0.717, 1.165) is 49.6 Å². The predicted molar refractivity (Wildman–Crippen MR) is 131 cm³/mol. The molecular weight excluding hydrogens is 422 g/mol. The summed E-state index contributed by atoms with van der Waals surface area (Å²) in [7, 11) is 3.50. The first-order valence-electron chi connectivity index (χ1n) is 11.0. The third-order valence-corrected chi connectivity index (χ3v) is 6.46. The third-order valence-electron chi connectivity index (χ3n) is 5.82. The van der Waals surface area contributed by atoms with Gasteiger partial charge in [-0.05, 0) is 54.3 Å². The Hall–Kier alpha value is -2.35. The Morgan fingerprint density at radius 2 is 1.81 bits per heavy atom. The summed E-state index contributed by atoms with van der Waals surface area (Å²) in [5, 5.41) is 2.89. The van der Waals surface area contributed by atoms with Gasteiger partial charge in [0.15, 0.2) is 0 Å². The van der Waals surface area contributed by atoms with Gasteiger partial charge in [0, 0.05) is 38.3 Å². The molecule has 1 fully saturated rings. The van der Waals surface area contributed by atoms with E-state index in [4.69, 9.17) is 4.74 Å². The fourth-order valence-corrected chi connectivity index (χ4v) is 4.34. The molecule has 172 valence electrons. The Labute approximate surface area is 195 Å². The number of hydrogen-bond acceptors (Lipinski definition) is 6. The molecule has 1 amide bonds. The molecule has 3 rings (SSSR count). The second-order valence-corrected chi connectivity index (χ2v) is 9.14. The Bertz CT molecular complexity index is 899. The lowest BCUT2D eigenvalue weighted by Gasteiger charge is -2.32. The van der Waals surface area contributed by atoms with Crippen LogP contribution in [0.2, 0.25) is 0 Å². The molecule has 1 unspecified atom stereocenters. The molecule has 1 saturated heterocycles. The summed E-state index contributed by atoms with van der Waals surface area (Å²) in [6.07, 6.45) is 2.50. The number of carbonyl (C=O) groups excluding carboxylic acids is 2. The molecule has 0 aromatic heterocycles. The van der Waals surface area contributed by atoms with E-state index in [0.29, 0.717) is 12.0 Å². The van der Waals surface area contributed by atoms with Gasteiger partial charge in [-0.2, -0.15) is 11.8 Å². The van der Waals surface area contributed by atoms with Crippen molar-refractivity contribution in [2.45, 2.75) is 19.0 Å². The third kappa shape index (κ3) is 6.58. The lowest BCUT2D eigenvalue weighted by atomic mass is 9.96. The van der Waals surface area contributed by atoms with Gasteiger partial charge in [-0.1, -0.05) is 36.4 Å². The van der Waals surface area contributed by atoms with E-state index in [1.165, 1.54) is 12.7 Å². The topological polar surface area (TPSA) is 61.9 Å². The minimum Gasteiger partial charge on any atom is -0.467 e. The van der Waals surface area contributed by atoms with E-state index >= 15 is 0 Å². The van der Waals surface area contributed by atoms with Gasteiger partial charge >= 0.3 is 5.97 Å². The lowest BCUT2D eigenvalue weighted by molar-refractivity contribution is -0.142. The van der Waals surface area contributed by atoms with Gasteiger partial charge in [0.05, 0.1) is 7.11 Å². The maximum atomic E-state index is 13.2. The maximum absolute atomic E-state index is 13.2. The molecule has 2 aromatic carbocycles. The number of ether oxygens (including phenoxy) is 1. The smallest absolute Gasteiger partial charge is 0.328 e. The number of piperazine rings is 1. The van der Waals surface area contributed by atoms with Crippen LogP contribution in [0.5, 0.6) is 0 Å². The molecule has 0 radical (unpaired) electrons. The molecule has 7 heteroatoms. The van der Waals surface area contributed by atoms with Crippen LogP contribution in [0.1, 0.15) is 22.3 Å². The molecule has 32 heavy (non-hydrogen) atoms. The molecule has 2 aromatic rings. The molecule has 6 nitrogen and oxygen atoms in total. The van der Waals surface area contributed by atoms with Gasteiger partial charge < -0.3 is 15.0 Å². The zero-order chi connectivity index (χ0) is 22.9. The monoisotopic (exact) mass is 455 g/mol. The Kier molecular flexibility index (Phi) is 9.14. The molecule has 0 aliphatic carbocycles. The normalized spacial score (nSPS) is 15.8. The molecule has 0 bridgehead atoms. The van der Waals surface area contributed by atoms with Crippen molar-refractivity contribution in [1.29, 1.82) is 0 Å². The molecule has 1 atom stereocenters. The number of nitrogens with zero attached hydrogens (tertiary/aromatic N) is 2. The van der Waals surface area contributed by atoms with E-state index in [9.17, 15) is 9.59 Å². The predicted octanol–water partition coefficient (Wildman–Crippen LogP) is 3.13. The van der Waals surface area contributed by atoms with Crippen molar-refractivity contribution in [2.75, 3.05) is 52.3 Å². The molecule has 1 aliphatic rings. The first-order chi connectivity index (χ1) is 15.5. The van der Waals surface area contributed by atoms with Gasteiger partial charge in [-0.25, -0.2) is 4.79 Å². The van der Waals surface area contributed by atoms with Gasteiger partial charge in [0.25, 0.3) is 5.91 Å². The molecule has 0 spiro atoms. The van der Waals surface area contributed by atoms with Crippen molar-refractivity contribution in [3.05, 3.63) is 59.7 Å². The summed E-state index contributed by atoms with van der Waals surface area (Å²) < 4.78 is 4.90. The molecular formula is C25H33N3O3S. The summed E-state index contributed by atoms with van der Waals surface area (Å²) in [5.41, 5.74) is 3.60. The maximum Gasteiger partial charge on any atom is 0.328 e. The van der Waals surface area contributed by atoms with E-state index in [2.05, 4.69) is 28.2 Å². The second kappa shape index (κ2) is 12.0. The minimum atomic E-state index is -0.659. The Balaban J connectivity index is 1.85. The van der Waals surface area contributed by atoms with Crippen LogP contribution in [-0.4, -0.2) is 80.1 Å². The SMILES string of the molecule is COC(=O)C(CCSC)NC(=O)c1ccc(CN2CCN(C)CC2)cc1-c1ccccc1. The second-order valence-electron chi connectivity index (χ2n) is 8.16. The fraction of sp³-hybridized carbons (Fsp3) is 0.440. The highest BCUT2D eigenvalue weighted by atomic mass is 32.2. The van der Waals surface area contributed by atoms with E-state index in [1.807, 2.05) is 48.7 Å². The number of thioether (sulfide) groups is 1. The van der Waals surface area contributed by atoms with Crippen LogP contribution in [0.3, 0.4) is 0 Å². The highest BCUT2D eigenvalue weighted by molar-refractivity contribution is 7.98. The van der Waals surface area contributed by atoms with Crippen LogP contribution >= 0.6 is 11.8 Å². The fourth-order valence-electron chi connectivity index (χ4n) is 3.87. The standard InChI is InChI=1S/C25H33N3O3S/c1-27-12-14-28(15-13-27)18-19-9-10-21(22(17-19)20-7-5-4-6-8-20)24(29)26-23(11-16-32-3)25(30)31-2/h4-10,17,23H,11-16,18H2,1-3H3,(H,26,29). The molecule has 0 saturated carbocycles. The van der Waals surface area contributed by atoms with Gasteiger partial charge in [0.1, 0.15) is 6.04 Å². The number of methoxy groups -OCH3 is 1. The first kappa shape index (κ1) is 24.3. The lowest BCUT2D eigenvalue weighted by Crippen LogP contribution is -2.43. The quantitative estimate of drug-likeness (QED) is 0.586. The Morgan fingerprint density at radius 3 is 2.47 bits per heavy atom. The minimum absolute atomic E-state index is 0.258. The average Bonchev–Trinajstić information content (AvgIpc) is 2.83. The van der Waals surface area contributed by atoms with E-state index in [1.54, 1.807) is 11.8 Å². The Morgan fingerprint density at radius 1 is 1.09 bits per heavy atom. The van der Waals surface area contributed by atoms with Crippen LogP contribution < -0.4 is 5.32 Å². The van der Waals surface area contributed by atoms with Gasteiger partial charge in [-0.15, -0.1) is 0 Å². The van der Waals surface area contributed by atoms with Crippen molar-refractivity contribution < 1.29 is 14.3 Å². The number of esters is 1. The number of carbonyl (C=O) groups is 2. The number of hydrogen-bond donors (Lipinski definition) is 1. The number of amides is 1. The molecule has 1 N–H and O–H groups in total. The number of benzene rings is 2. The van der Waals surface area contributed by atoms with E-state index in [-0.39, 0.29) is 5.91 Å². The highest BCUT2D eigenvalue weighted by Crippen LogP contribution is 2.26. The summed E-state index contributed by atoms with van der Waals surface area (Å²) in [6.45, 7) is 5.06. The largest absolute Gasteiger partial charge is 0.467 e.